The third-order valence-electron chi connectivity index (χ3n) is 2.38. The molecule has 0 bridgehead atoms. The molecule has 6 nitrogen and oxygen atoms in total. The summed E-state index contributed by atoms with van der Waals surface area (Å²) in [6, 6.07) is 2.86. The van der Waals surface area contributed by atoms with E-state index >= 15 is 0 Å². The molecule has 1 fully saturated rings. The average molecular weight is 227 g/mol. The molecule has 0 saturated carbocycles. The Morgan fingerprint density at radius 1 is 1.50 bits per heavy atom. The van der Waals surface area contributed by atoms with Crippen LogP contribution in [0.4, 0.5) is 5.88 Å². The van der Waals surface area contributed by atoms with Crippen molar-refractivity contribution < 1.29 is 18.8 Å². The van der Waals surface area contributed by atoms with E-state index in [9.17, 15) is 10.1 Å². The molecular formula is C10H13NO5. The molecule has 0 radical (unpaired) electrons. The number of hydrogen-bond acceptors (Lipinski definition) is 5. The Morgan fingerprint density at radius 2 is 2.38 bits per heavy atom. The van der Waals surface area contributed by atoms with Crippen LogP contribution >= 0.6 is 0 Å². The maximum Gasteiger partial charge on any atom is 0.433 e. The molecule has 0 unspecified atom stereocenters. The predicted octanol–water partition coefficient (Wildman–Crippen LogP) is 2.23. The van der Waals surface area contributed by atoms with E-state index in [4.69, 9.17) is 13.9 Å². The number of hydrogen-bond donors (Lipinski definition) is 0. The van der Waals surface area contributed by atoms with Crippen LogP contribution < -0.4 is 0 Å². The van der Waals surface area contributed by atoms with E-state index < -0.39 is 4.92 Å². The second kappa shape index (κ2) is 5.09. The third kappa shape index (κ3) is 2.80. The Balaban J connectivity index is 1.81. The molecule has 2 rings (SSSR count). The van der Waals surface area contributed by atoms with Gasteiger partial charge < -0.3 is 13.9 Å². The van der Waals surface area contributed by atoms with Crippen LogP contribution in [0.1, 0.15) is 25.0 Å². The molecule has 1 aromatic heterocycles. The van der Waals surface area contributed by atoms with Crippen LogP contribution in [0, 0.1) is 10.1 Å². The molecule has 6 heteroatoms. The molecule has 1 saturated heterocycles. The van der Waals surface area contributed by atoms with Gasteiger partial charge in [-0.15, -0.1) is 0 Å². The Bertz CT molecular complexity index is 356. The van der Waals surface area contributed by atoms with E-state index in [2.05, 4.69) is 0 Å². The van der Waals surface area contributed by atoms with Gasteiger partial charge in [0, 0.05) is 6.61 Å². The molecule has 1 atom stereocenters. The summed E-state index contributed by atoms with van der Waals surface area (Å²) in [5.74, 6) is 0.184. The van der Waals surface area contributed by atoms with Gasteiger partial charge in [0.05, 0.1) is 6.07 Å². The normalized spacial score (nSPS) is 20.9. The lowest BCUT2D eigenvalue weighted by Crippen LogP contribution is -2.21. The van der Waals surface area contributed by atoms with Crippen molar-refractivity contribution in [2.75, 3.05) is 6.61 Å². The third-order valence-corrected chi connectivity index (χ3v) is 2.38. The summed E-state index contributed by atoms with van der Waals surface area (Å²) in [4.78, 5) is 9.80. The molecule has 0 amide bonds. The number of furan rings is 1. The summed E-state index contributed by atoms with van der Waals surface area (Å²) in [5, 5.41) is 10.4. The van der Waals surface area contributed by atoms with Crippen molar-refractivity contribution >= 4 is 5.88 Å². The quantitative estimate of drug-likeness (QED) is 0.582. The molecule has 1 aromatic rings. The molecule has 16 heavy (non-hydrogen) atoms. The summed E-state index contributed by atoms with van der Waals surface area (Å²) < 4.78 is 15.7. The van der Waals surface area contributed by atoms with E-state index in [-0.39, 0.29) is 18.8 Å². The van der Waals surface area contributed by atoms with Crippen molar-refractivity contribution in [2.45, 2.75) is 32.2 Å². The Morgan fingerprint density at radius 3 is 3.00 bits per heavy atom. The minimum atomic E-state index is -0.569. The van der Waals surface area contributed by atoms with Crippen molar-refractivity contribution in [3.8, 4) is 0 Å². The standard InChI is InChI=1S/C10H13NO5/c12-11(13)9-5-4-8(16-9)7-15-10-3-1-2-6-14-10/h4-5,10H,1-3,6-7H2/t10-/m1/s1. The lowest BCUT2D eigenvalue weighted by molar-refractivity contribution is -0.402. The van der Waals surface area contributed by atoms with E-state index in [1.54, 1.807) is 6.07 Å². The fourth-order valence-corrected chi connectivity index (χ4v) is 1.56. The van der Waals surface area contributed by atoms with Gasteiger partial charge in [-0.1, -0.05) is 0 Å². The monoisotopic (exact) mass is 227 g/mol. The summed E-state index contributed by atoms with van der Waals surface area (Å²) >= 11 is 0. The summed E-state index contributed by atoms with van der Waals surface area (Å²) in [5.41, 5.74) is 0. The average Bonchev–Trinajstić information content (AvgIpc) is 2.76. The van der Waals surface area contributed by atoms with Gasteiger partial charge in [-0.05, 0) is 25.3 Å². The topological polar surface area (TPSA) is 74.7 Å². The SMILES string of the molecule is O=[N+]([O-])c1ccc(CO[C@@H]2CCCCO2)o1. The first-order valence-electron chi connectivity index (χ1n) is 5.22. The predicted molar refractivity (Wildman–Crippen MR) is 53.7 cm³/mol. The number of rotatable bonds is 4. The lowest BCUT2D eigenvalue weighted by atomic mass is 10.2. The van der Waals surface area contributed by atoms with Crippen LogP contribution in [-0.2, 0) is 16.1 Å². The minimum Gasteiger partial charge on any atom is -0.403 e. The zero-order valence-electron chi connectivity index (χ0n) is 8.76. The molecule has 2 heterocycles. The van der Waals surface area contributed by atoms with Crippen LogP contribution in [0.25, 0.3) is 0 Å². The van der Waals surface area contributed by atoms with E-state index in [0.717, 1.165) is 19.3 Å². The summed E-state index contributed by atoms with van der Waals surface area (Å²) in [6.07, 6.45) is 2.80. The maximum atomic E-state index is 10.4. The van der Waals surface area contributed by atoms with Crippen LogP contribution in [0.15, 0.2) is 16.5 Å². The van der Waals surface area contributed by atoms with Crippen LogP contribution in [0.3, 0.4) is 0 Å². The zero-order chi connectivity index (χ0) is 11.4. The summed E-state index contributed by atoms with van der Waals surface area (Å²) in [6.45, 7) is 0.918. The molecule has 88 valence electrons. The number of nitrogens with zero attached hydrogens (tertiary/aromatic N) is 1. The highest BCUT2D eigenvalue weighted by Crippen LogP contribution is 2.19. The fourth-order valence-electron chi connectivity index (χ4n) is 1.56. The van der Waals surface area contributed by atoms with Gasteiger partial charge in [0.25, 0.3) is 0 Å². The molecule has 0 N–H and O–H groups in total. The van der Waals surface area contributed by atoms with Crippen LogP contribution in [0.5, 0.6) is 0 Å². The minimum absolute atomic E-state index is 0.207. The summed E-state index contributed by atoms with van der Waals surface area (Å²) in [7, 11) is 0. The smallest absolute Gasteiger partial charge is 0.403 e. The van der Waals surface area contributed by atoms with Crippen LogP contribution in [-0.4, -0.2) is 17.8 Å². The van der Waals surface area contributed by atoms with Gasteiger partial charge in [0.1, 0.15) is 17.3 Å². The van der Waals surface area contributed by atoms with Gasteiger partial charge >= 0.3 is 5.88 Å². The lowest BCUT2D eigenvalue weighted by Gasteiger charge is -2.21. The van der Waals surface area contributed by atoms with Crippen molar-refractivity contribution in [3.63, 3.8) is 0 Å². The van der Waals surface area contributed by atoms with Gasteiger partial charge in [-0.3, -0.25) is 10.1 Å². The molecule has 1 aliphatic rings. The molecular weight excluding hydrogens is 214 g/mol. The van der Waals surface area contributed by atoms with E-state index in [1.807, 2.05) is 0 Å². The fraction of sp³-hybridized carbons (Fsp3) is 0.600. The highest BCUT2D eigenvalue weighted by Gasteiger charge is 2.16. The van der Waals surface area contributed by atoms with Crippen molar-refractivity contribution in [2.24, 2.45) is 0 Å². The van der Waals surface area contributed by atoms with Crippen molar-refractivity contribution in [1.82, 2.24) is 0 Å². The highest BCUT2D eigenvalue weighted by molar-refractivity contribution is 5.17. The van der Waals surface area contributed by atoms with Crippen molar-refractivity contribution in [1.29, 1.82) is 0 Å². The Kier molecular flexibility index (Phi) is 3.53. The van der Waals surface area contributed by atoms with Crippen LogP contribution in [0.2, 0.25) is 0 Å². The van der Waals surface area contributed by atoms with Gasteiger partial charge in [-0.2, -0.15) is 0 Å². The Labute approximate surface area is 92.3 Å². The van der Waals surface area contributed by atoms with Gasteiger partial charge in [0.2, 0.25) is 0 Å². The first-order valence-corrected chi connectivity index (χ1v) is 5.22. The second-order valence-electron chi connectivity index (χ2n) is 3.60. The number of nitro groups is 1. The second-order valence-corrected chi connectivity index (χ2v) is 3.60. The zero-order valence-corrected chi connectivity index (χ0v) is 8.76. The van der Waals surface area contributed by atoms with Gasteiger partial charge in [0.15, 0.2) is 6.29 Å². The number of ether oxygens (including phenoxy) is 2. The molecule has 0 spiro atoms. The molecule has 0 aliphatic carbocycles. The maximum absolute atomic E-state index is 10.4. The molecule has 1 aliphatic heterocycles. The highest BCUT2D eigenvalue weighted by atomic mass is 16.7. The van der Waals surface area contributed by atoms with E-state index in [0.29, 0.717) is 12.4 Å². The Hall–Kier alpha value is -1.40. The van der Waals surface area contributed by atoms with Crippen molar-refractivity contribution in [3.05, 3.63) is 28.0 Å². The van der Waals surface area contributed by atoms with Gasteiger partial charge in [-0.25, -0.2) is 0 Å². The first-order chi connectivity index (χ1) is 7.75. The van der Waals surface area contributed by atoms with E-state index in [1.165, 1.54) is 6.07 Å². The molecule has 0 aromatic carbocycles. The first kappa shape index (κ1) is 11.1. The largest absolute Gasteiger partial charge is 0.433 e.